The van der Waals surface area contributed by atoms with E-state index in [1.807, 2.05) is 0 Å². The lowest BCUT2D eigenvalue weighted by molar-refractivity contribution is 0.652. The van der Waals surface area contributed by atoms with Crippen LogP contribution in [0.25, 0.3) is 21.5 Å². The summed E-state index contributed by atoms with van der Waals surface area (Å²) in [5.41, 5.74) is 3.22. The largest absolute Gasteiger partial charge is 0.0654 e. The quantitative estimate of drug-likeness (QED) is 0.256. The third-order valence-electron chi connectivity index (χ3n) is 5.67. The van der Waals surface area contributed by atoms with Crippen molar-refractivity contribution in [1.82, 2.24) is 0 Å². The number of aryl methyl sites for hydroxylation is 2. The molecule has 0 aliphatic carbocycles. The lowest BCUT2D eigenvalue weighted by Gasteiger charge is -2.15. The van der Waals surface area contributed by atoms with Crippen molar-refractivity contribution in [2.45, 2.75) is 78.1 Å². The van der Waals surface area contributed by atoms with Crippen molar-refractivity contribution in [3.8, 4) is 0 Å². The number of fused-ring (bicyclic) bond motifs is 2. The molecule has 138 valence electrons. The monoisotopic (exact) mass is 346 g/mol. The second kappa shape index (κ2) is 9.76. The van der Waals surface area contributed by atoms with Gasteiger partial charge in [0, 0.05) is 0 Å². The molecule has 0 heterocycles. The molecular weight excluding hydrogens is 312 g/mol. The Morgan fingerprint density at radius 2 is 1.23 bits per heavy atom. The fourth-order valence-electron chi connectivity index (χ4n) is 4.12. The predicted molar refractivity (Wildman–Crippen MR) is 117 cm³/mol. The van der Waals surface area contributed by atoms with Crippen molar-refractivity contribution in [3.05, 3.63) is 59.7 Å². The van der Waals surface area contributed by atoms with Crippen LogP contribution in [0.2, 0.25) is 0 Å². The van der Waals surface area contributed by atoms with E-state index in [0.29, 0.717) is 0 Å². The van der Waals surface area contributed by atoms with Gasteiger partial charge in [-0.05, 0) is 70.5 Å². The zero-order valence-corrected chi connectivity index (χ0v) is 16.7. The molecule has 0 aliphatic rings. The third-order valence-corrected chi connectivity index (χ3v) is 5.67. The van der Waals surface area contributed by atoms with E-state index in [4.69, 9.17) is 0 Å². The Hall–Kier alpha value is -1.82. The second-order valence-corrected chi connectivity index (χ2v) is 7.75. The fraction of sp³-hybridized carbons (Fsp3) is 0.462. The predicted octanol–water partition coefficient (Wildman–Crippen LogP) is 8.24. The van der Waals surface area contributed by atoms with Crippen LogP contribution in [0.1, 0.15) is 76.3 Å². The van der Waals surface area contributed by atoms with Gasteiger partial charge in [0.25, 0.3) is 0 Å². The van der Waals surface area contributed by atoms with Gasteiger partial charge in [-0.2, -0.15) is 0 Å². The molecule has 0 saturated heterocycles. The summed E-state index contributed by atoms with van der Waals surface area (Å²) in [5, 5.41) is 5.63. The SMILES string of the molecule is CCCCCCc1ccc2cc3ccccc3cc2c1CCCCCC. The number of rotatable bonds is 10. The maximum Gasteiger partial charge on any atom is -0.0143 e. The molecule has 3 aromatic carbocycles. The smallest absolute Gasteiger partial charge is 0.0143 e. The second-order valence-electron chi connectivity index (χ2n) is 7.75. The Bertz CT molecular complexity index is 828. The molecule has 3 aromatic rings. The molecule has 26 heavy (non-hydrogen) atoms. The van der Waals surface area contributed by atoms with E-state index in [1.165, 1.54) is 85.8 Å². The van der Waals surface area contributed by atoms with Crippen LogP contribution in [-0.2, 0) is 12.8 Å². The Kier molecular flexibility index (Phi) is 7.12. The summed E-state index contributed by atoms with van der Waals surface area (Å²) < 4.78 is 0. The Balaban J connectivity index is 1.94. The third kappa shape index (κ3) is 4.67. The van der Waals surface area contributed by atoms with E-state index in [0.717, 1.165) is 0 Å². The van der Waals surface area contributed by atoms with E-state index in [2.05, 4.69) is 62.4 Å². The number of hydrogen-bond acceptors (Lipinski definition) is 0. The lowest BCUT2D eigenvalue weighted by atomic mass is 9.90. The van der Waals surface area contributed by atoms with Crippen molar-refractivity contribution in [2.75, 3.05) is 0 Å². The van der Waals surface area contributed by atoms with E-state index < -0.39 is 0 Å². The maximum absolute atomic E-state index is 2.44. The minimum atomic E-state index is 1.23. The maximum atomic E-state index is 2.44. The van der Waals surface area contributed by atoms with Crippen molar-refractivity contribution < 1.29 is 0 Å². The summed E-state index contributed by atoms with van der Waals surface area (Å²) in [6.45, 7) is 4.59. The molecule has 3 rings (SSSR count). The molecule has 0 fully saturated rings. The van der Waals surface area contributed by atoms with Crippen LogP contribution >= 0.6 is 0 Å². The van der Waals surface area contributed by atoms with Crippen LogP contribution in [0.4, 0.5) is 0 Å². The van der Waals surface area contributed by atoms with Gasteiger partial charge >= 0.3 is 0 Å². The first-order valence-corrected chi connectivity index (χ1v) is 10.8. The molecule has 0 nitrogen and oxygen atoms in total. The van der Waals surface area contributed by atoms with E-state index in [1.54, 1.807) is 11.1 Å². The van der Waals surface area contributed by atoms with Crippen LogP contribution in [0, 0.1) is 0 Å². The summed E-state index contributed by atoms with van der Waals surface area (Å²) >= 11 is 0. The molecule has 0 N–H and O–H groups in total. The highest BCUT2D eigenvalue weighted by Crippen LogP contribution is 2.30. The summed E-state index contributed by atoms with van der Waals surface area (Å²) in [6.07, 6.45) is 13.2. The molecule has 0 saturated carbocycles. The first-order chi connectivity index (χ1) is 12.8. The van der Waals surface area contributed by atoms with Crippen molar-refractivity contribution in [1.29, 1.82) is 0 Å². The Morgan fingerprint density at radius 1 is 0.577 bits per heavy atom. The van der Waals surface area contributed by atoms with Crippen LogP contribution in [-0.4, -0.2) is 0 Å². The van der Waals surface area contributed by atoms with Gasteiger partial charge in [0.15, 0.2) is 0 Å². The van der Waals surface area contributed by atoms with Gasteiger partial charge in [-0.15, -0.1) is 0 Å². The number of benzene rings is 3. The van der Waals surface area contributed by atoms with Crippen molar-refractivity contribution in [3.63, 3.8) is 0 Å². The van der Waals surface area contributed by atoms with Crippen molar-refractivity contribution in [2.24, 2.45) is 0 Å². The highest BCUT2D eigenvalue weighted by molar-refractivity contribution is 6.00. The van der Waals surface area contributed by atoms with Crippen LogP contribution in [0.15, 0.2) is 48.5 Å². The first-order valence-electron chi connectivity index (χ1n) is 10.8. The average Bonchev–Trinajstić information content (AvgIpc) is 2.68. The van der Waals surface area contributed by atoms with Crippen molar-refractivity contribution >= 4 is 21.5 Å². The zero-order valence-electron chi connectivity index (χ0n) is 16.7. The number of unbranched alkanes of at least 4 members (excludes halogenated alkanes) is 6. The summed E-state index contributed by atoms with van der Waals surface area (Å²) in [7, 11) is 0. The molecule has 0 heteroatoms. The molecule has 0 aromatic heterocycles. The highest BCUT2D eigenvalue weighted by Gasteiger charge is 2.09. The minimum Gasteiger partial charge on any atom is -0.0654 e. The Morgan fingerprint density at radius 3 is 1.92 bits per heavy atom. The number of hydrogen-bond donors (Lipinski definition) is 0. The normalized spacial score (nSPS) is 11.5. The van der Waals surface area contributed by atoms with Gasteiger partial charge in [-0.3, -0.25) is 0 Å². The van der Waals surface area contributed by atoms with Crippen LogP contribution in [0.5, 0.6) is 0 Å². The molecule has 0 unspecified atom stereocenters. The summed E-state index contributed by atoms with van der Waals surface area (Å²) in [6, 6.07) is 18.4. The highest BCUT2D eigenvalue weighted by atomic mass is 14.1. The minimum absolute atomic E-state index is 1.23. The van der Waals surface area contributed by atoms with Gasteiger partial charge in [0.1, 0.15) is 0 Å². The van der Waals surface area contributed by atoms with Crippen LogP contribution < -0.4 is 0 Å². The Labute approximate surface area is 159 Å². The molecule has 0 atom stereocenters. The molecule has 0 radical (unpaired) electrons. The summed E-state index contributed by atoms with van der Waals surface area (Å²) in [5.74, 6) is 0. The summed E-state index contributed by atoms with van der Waals surface area (Å²) in [4.78, 5) is 0. The molecule has 0 aliphatic heterocycles. The standard InChI is InChI=1S/C26H34/c1-3-5-7-9-13-21-17-18-24-19-22-14-11-12-15-23(22)20-26(24)25(21)16-10-8-6-4-2/h11-12,14-15,17-20H,3-10,13,16H2,1-2H3. The van der Waals surface area contributed by atoms with Gasteiger partial charge < -0.3 is 0 Å². The molecule has 0 amide bonds. The molecule has 0 spiro atoms. The fourth-order valence-corrected chi connectivity index (χ4v) is 4.12. The van der Waals surface area contributed by atoms with Gasteiger partial charge in [0.05, 0.1) is 0 Å². The molecule has 0 bridgehead atoms. The van der Waals surface area contributed by atoms with Gasteiger partial charge in [-0.1, -0.05) is 88.8 Å². The molecular formula is C26H34. The van der Waals surface area contributed by atoms with E-state index in [9.17, 15) is 0 Å². The lowest BCUT2D eigenvalue weighted by Crippen LogP contribution is -1.98. The first kappa shape index (κ1) is 19.0. The average molecular weight is 347 g/mol. The van der Waals surface area contributed by atoms with Gasteiger partial charge in [0.2, 0.25) is 0 Å². The topological polar surface area (TPSA) is 0 Å². The van der Waals surface area contributed by atoms with Gasteiger partial charge in [-0.25, -0.2) is 0 Å². The zero-order chi connectivity index (χ0) is 18.2. The van der Waals surface area contributed by atoms with E-state index >= 15 is 0 Å². The van der Waals surface area contributed by atoms with E-state index in [-0.39, 0.29) is 0 Å². The van der Waals surface area contributed by atoms with Crippen LogP contribution in [0.3, 0.4) is 0 Å².